The average molecular weight is 319 g/mol. The van der Waals surface area contributed by atoms with Gasteiger partial charge >= 0.3 is 5.97 Å². The van der Waals surface area contributed by atoms with Crippen LogP contribution >= 0.6 is 15.9 Å². The molecule has 0 saturated heterocycles. The molecule has 6 heteroatoms. The van der Waals surface area contributed by atoms with Gasteiger partial charge in [-0.2, -0.15) is 0 Å². The molecule has 0 radical (unpaired) electrons. The molecule has 1 aromatic rings. The maximum absolute atomic E-state index is 10.7. The standard InChI is InChI=1S/C12H15BrO5/c1-7(12(14)15)18-6-8-9(13)4-5-10(16-2)11(8)17-3/h4-5,7H,6H2,1-3H3,(H,14,15)/t7-/m1/s1. The molecule has 0 aliphatic rings. The van der Waals surface area contributed by atoms with E-state index in [4.69, 9.17) is 19.3 Å². The smallest absolute Gasteiger partial charge is 0.332 e. The third-order valence-electron chi connectivity index (χ3n) is 2.42. The molecule has 0 bridgehead atoms. The Balaban J connectivity index is 2.96. The molecule has 1 N–H and O–H groups in total. The highest BCUT2D eigenvalue weighted by Crippen LogP contribution is 2.36. The molecule has 1 aromatic carbocycles. The minimum absolute atomic E-state index is 0.119. The van der Waals surface area contributed by atoms with Crippen molar-refractivity contribution in [3.63, 3.8) is 0 Å². The summed E-state index contributed by atoms with van der Waals surface area (Å²) in [5.41, 5.74) is 0.713. The Kier molecular flexibility index (Phi) is 5.43. The van der Waals surface area contributed by atoms with Crippen molar-refractivity contribution in [1.29, 1.82) is 0 Å². The Bertz CT molecular complexity index is 433. The first-order valence-electron chi connectivity index (χ1n) is 5.25. The van der Waals surface area contributed by atoms with Gasteiger partial charge in [-0.3, -0.25) is 0 Å². The van der Waals surface area contributed by atoms with E-state index < -0.39 is 12.1 Å². The van der Waals surface area contributed by atoms with Crippen LogP contribution in [0.15, 0.2) is 16.6 Å². The Labute approximate surface area is 114 Å². The molecule has 1 rings (SSSR count). The number of halogens is 1. The molecule has 0 saturated carbocycles. The van der Waals surface area contributed by atoms with E-state index in [2.05, 4.69) is 15.9 Å². The molecule has 0 spiro atoms. The molecule has 18 heavy (non-hydrogen) atoms. The predicted octanol–water partition coefficient (Wildman–Crippen LogP) is 2.46. The lowest BCUT2D eigenvalue weighted by Crippen LogP contribution is -2.19. The topological polar surface area (TPSA) is 65.0 Å². The zero-order chi connectivity index (χ0) is 13.7. The van der Waals surface area contributed by atoms with Crippen LogP contribution in [0.25, 0.3) is 0 Å². The molecule has 5 nitrogen and oxygen atoms in total. The van der Waals surface area contributed by atoms with Crippen molar-refractivity contribution in [3.8, 4) is 11.5 Å². The zero-order valence-electron chi connectivity index (χ0n) is 10.4. The first-order chi connectivity index (χ1) is 8.51. The van der Waals surface area contributed by atoms with Gasteiger partial charge in [-0.05, 0) is 19.1 Å². The van der Waals surface area contributed by atoms with E-state index in [1.54, 1.807) is 12.1 Å². The molecule has 1 atom stereocenters. The van der Waals surface area contributed by atoms with Gasteiger partial charge in [0, 0.05) is 10.0 Å². The van der Waals surface area contributed by atoms with Crippen LogP contribution in [0, 0.1) is 0 Å². The quantitative estimate of drug-likeness (QED) is 0.872. The number of methoxy groups -OCH3 is 2. The van der Waals surface area contributed by atoms with Gasteiger partial charge in [0.05, 0.1) is 20.8 Å². The number of hydrogen-bond donors (Lipinski definition) is 1. The normalized spacial score (nSPS) is 12.0. The highest BCUT2D eigenvalue weighted by Gasteiger charge is 2.17. The van der Waals surface area contributed by atoms with E-state index in [0.717, 1.165) is 4.47 Å². The number of hydrogen-bond acceptors (Lipinski definition) is 4. The maximum atomic E-state index is 10.7. The fourth-order valence-electron chi connectivity index (χ4n) is 1.38. The zero-order valence-corrected chi connectivity index (χ0v) is 12.0. The van der Waals surface area contributed by atoms with Gasteiger partial charge in [0.25, 0.3) is 0 Å². The van der Waals surface area contributed by atoms with Gasteiger partial charge in [0.15, 0.2) is 17.6 Å². The van der Waals surface area contributed by atoms with Gasteiger partial charge in [0.2, 0.25) is 0 Å². The molecule has 0 fully saturated rings. The number of aliphatic carboxylic acids is 1. The highest BCUT2D eigenvalue weighted by atomic mass is 79.9. The van der Waals surface area contributed by atoms with Crippen LogP contribution in [-0.2, 0) is 16.1 Å². The Morgan fingerprint density at radius 2 is 2.06 bits per heavy atom. The lowest BCUT2D eigenvalue weighted by Gasteiger charge is -2.15. The van der Waals surface area contributed by atoms with E-state index in [9.17, 15) is 4.79 Å². The molecular formula is C12H15BrO5. The molecule has 100 valence electrons. The fourth-order valence-corrected chi connectivity index (χ4v) is 1.81. The van der Waals surface area contributed by atoms with Crippen molar-refractivity contribution < 1.29 is 24.1 Å². The lowest BCUT2D eigenvalue weighted by molar-refractivity contribution is -0.149. The van der Waals surface area contributed by atoms with Gasteiger partial charge in [-0.1, -0.05) is 15.9 Å². The fraction of sp³-hybridized carbons (Fsp3) is 0.417. The maximum Gasteiger partial charge on any atom is 0.332 e. The molecule has 0 heterocycles. The number of carbonyl (C=O) groups is 1. The molecule has 0 amide bonds. The van der Waals surface area contributed by atoms with Gasteiger partial charge < -0.3 is 19.3 Å². The summed E-state index contributed by atoms with van der Waals surface area (Å²) in [5, 5.41) is 8.76. The number of benzene rings is 1. The summed E-state index contributed by atoms with van der Waals surface area (Å²) < 4.78 is 16.4. The summed E-state index contributed by atoms with van der Waals surface area (Å²) in [6.07, 6.45) is -0.882. The van der Waals surface area contributed by atoms with Gasteiger partial charge in [-0.25, -0.2) is 4.79 Å². The highest BCUT2D eigenvalue weighted by molar-refractivity contribution is 9.10. The molecule has 0 aliphatic heterocycles. The van der Waals surface area contributed by atoms with E-state index in [1.807, 2.05) is 0 Å². The van der Waals surface area contributed by atoms with Crippen LogP contribution in [0.1, 0.15) is 12.5 Å². The molecule has 0 aromatic heterocycles. The van der Waals surface area contributed by atoms with Crippen molar-refractivity contribution in [2.24, 2.45) is 0 Å². The Hall–Kier alpha value is -1.27. The summed E-state index contributed by atoms with van der Waals surface area (Å²) in [4.78, 5) is 10.7. The van der Waals surface area contributed by atoms with Gasteiger partial charge in [-0.15, -0.1) is 0 Å². The van der Waals surface area contributed by atoms with E-state index >= 15 is 0 Å². The summed E-state index contributed by atoms with van der Waals surface area (Å²) in [6, 6.07) is 3.55. The van der Waals surface area contributed by atoms with E-state index in [0.29, 0.717) is 17.1 Å². The number of carboxylic acid groups (broad SMARTS) is 1. The van der Waals surface area contributed by atoms with Crippen LogP contribution in [0.2, 0.25) is 0 Å². The Morgan fingerprint density at radius 3 is 2.56 bits per heavy atom. The third kappa shape index (κ3) is 3.36. The SMILES string of the molecule is COc1ccc(Br)c(CO[C@H](C)C(=O)O)c1OC. The third-order valence-corrected chi connectivity index (χ3v) is 3.16. The summed E-state index contributed by atoms with van der Waals surface area (Å²) in [7, 11) is 3.06. The second-order valence-electron chi connectivity index (χ2n) is 3.55. The predicted molar refractivity (Wildman–Crippen MR) is 69.1 cm³/mol. The average Bonchev–Trinajstić information content (AvgIpc) is 2.36. The largest absolute Gasteiger partial charge is 0.493 e. The molecular weight excluding hydrogens is 304 g/mol. The van der Waals surface area contributed by atoms with Crippen molar-refractivity contribution in [2.45, 2.75) is 19.6 Å². The van der Waals surface area contributed by atoms with Crippen molar-refractivity contribution >= 4 is 21.9 Å². The summed E-state index contributed by atoms with van der Waals surface area (Å²) in [6.45, 7) is 1.59. The van der Waals surface area contributed by atoms with E-state index in [-0.39, 0.29) is 6.61 Å². The minimum atomic E-state index is -1.01. The second kappa shape index (κ2) is 6.61. The lowest BCUT2D eigenvalue weighted by atomic mass is 10.2. The number of rotatable bonds is 6. The van der Waals surface area contributed by atoms with Crippen LogP contribution in [-0.4, -0.2) is 31.4 Å². The molecule has 0 aliphatic carbocycles. The first kappa shape index (κ1) is 14.8. The van der Waals surface area contributed by atoms with Crippen LogP contribution < -0.4 is 9.47 Å². The second-order valence-corrected chi connectivity index (χ2v) is 4.41. The summed E-state index contributed by atoms with van der Waals surface area (Å²) in [5.74, 6) is 0.0970. The first-order valence-corrected chi connectivity index (χ1v) is 6.04. The summed E-state index contributed by atoms with van der Waals surface area (Å²) >= 11 is 3.38. The van der Waals surface area contributed by atoms with Crippen LogP contribution in [0.4, 0.5) is 0 Å². The monoisotopic (exact) mass is 318 g/mol. The van der Waals surface area contributed by atoms with Crippen LogP contribution in [0.3, 0.4) is 0 Å². The van der Waals surface area contributed by atoms with E-state index in [1.165, 1.54) is 21.1 Å². The number of ether oxygens (including phenoxy) is 3. The molecule has 0 unspecified atom stereocenters. The van der Waals surface area contributed by atoms with Crippen molar-refractivity contribution in [2.75, 3.05) is 14.2 Å². The van der Waals surface area contributed by atoms with Gasteiger partial charge in [0.1, 0.15) is 0 Å². The number of carboxylic acids is 1. The van der Waals surface area contributed by atoms with Crippen LogP contribution in [0.5, 0.6) is 11.5 Å². The van der Waals surface area contributed by atoms with Crippen molar-refractivity contribution in [3.05, 3.63) is 22.2 Å². The Morgan fingerprint density at radius 1 is 1.39 bits per heavy atom. The van der Waals surface area contributed by atoms with Crippen molar-refractivity contribution in [1.82, 2.24) is 0 Å². The minimum Gasteiger partial charge on any atom is -0.493 e.